The van der Waals surface area contributed by atoms with Crippen LogP contribution in [0.1, 0.15) is 52.0 Å². The third-order valence-corrected chi connectivity index (χ3v) is 7.77. The number of hydrogen-bond donors (Lipinski definition) is 1. The molecular weight excluding hydrogens is 400 g/mol. The highest BCUT2D eigenvalue weighted by Crippen LogP contribution is 2.28. The van der Waals surface area contributed by atoms with Crippen LogP contribution >= 0.6 is 0 Å². The molecule has 0 radical (unpaired) electrons. The second kappa shape index (κ2) is 9.04. The summed E-state index contributed by atoms with van der Waals surface area (Å²) in [7, 11) is -3.62. The van der Waals surface area contributed by atoms with Crippen LogP contribution in [0, 0.1) is 17.2 Å². The standard InChI is InChI=1S/C22H32N4O3S/c1-22(2,3)26-14-12-25(13-15-26)21(27)18-6-8-19(9-7-18)24-30(28,29)20-10-4-17(16-23)5-11-20/h4-5,10-11,18-19,24H,6-9,12-15H2,1-3H3. The van der Waals surface area contributed by atoms with Crippen LogP contribution in [0.5, 0.6) is 0 Å². The number of amides is 1. The number of sulfonamides is 1. The van der Waals surface area contributed by atoms with Crippen LogP contribution in [0.2, 0.25) is 0 Å². The second-order valence-corrected chi connectivity index (χ2v) is 11.0. The molecule has 0 bridgehead atoms. The molecule has 30 heavy (non-hydrogen) atoms. The molecule has 3 rings (SSSR count). The van der Waals surface area contributed by atoms with E-state index in [1.165, 1.54) is 24.3 Å². The maximum absolute atomic E-state index is 12.9. The number of piperazine rings is 1. The largest absolute Gasteiger partial charge is 0.340 e. The van der Waals surface area contributed by atoms with Crippen LogP contribution in [-0.4, -0.2) is 61.9 Å². The summed E-state index contributed by atoms with van der Waals surface area (Å²) in [4.78, 5) is 17.5. The molecule has 0 aromatic heterocycles. The van der Waals surface area contributed by atoms with Crippen molar-refractivity contribution in [2.75, 3.05) is 26.2 Å². The van der Waals surface area contributed by atoms with Crippen molar-refractivity contribution in [1.82, 2.24) is 14.5 Å². The van der Waals surface area contributed by atoms with Crippen molar-refractivity contribution in [3.05, 3.63) is 29.8 Å². The van der Waals surface area contributed by atoms with E-state index in [-0.39, 0.29) is 28.3 Å². The van der Waals surface area contributed by atoms with Gasteiger partial charge in [-0.3, -0.25) is 9.69 Å². The Kier molecular flexibility index (Phi) is 6.85. The van der Waals surface area contributed by atoms with Gasteiger partial charge in [0, 0.05) is 43.7 Å². The maximum Gasteiger partial charge on any atom is 0.240 e. The molecule has 2 fully saturated rings. The Morgan fingerprint density at radius 3 is 2.10 bits per heavy atom. The van der Waals surface area contributed by atoms with Crippen LogP contribution in [0.25, 0.3) is 0 Å². The van der Waals surface area contributed by atoms with Gasteiger partial charge in [0.2, 0.25) is 15.9 Å². The number of rotatable bonds is 4. The molecule has 0 spiro atoms. The summed E-state index contributed by atoms with van der Waals surface area (Å²) in [5.41, 5.74) is 0.551. The fourth-order valence-electron chi connectivity index (χ4n) is 4.31. The summed E-state index contributed by atoms with van der Waals surface area (Å²) in [6.45, 7) is 9.92. The van der Waals surface area contributed by atoms with Crippen molar-refractivity contribution >= 4 is 15.9 Å². The molecule has 1 saturated carbocycles. The third-order valence-electron chi connectivity index (χ3n) is 6.23. The van der Waals surface area contributed by atoms with E-state index in [1.807, 2.05) is 11.0 Å². The minimum Gasteiger partial charge on any atom is -0.340 e. The Hall–Kier alpha value is -1.95. The van der Waals surface area contributed by atoms with E-state index < -0.39 is 10.0 Å². The van der Waals surface area contributed by atoms with E-state index in [1.54, 1.807) is 0 Å². The first-order chi connectivity index (χ1) is 14.1. The molecule has 1 aromatic rings. The second-order valence-electron chi connectivity index (χ2n) is 9.29. The zero-order valence-corrected chi connectivity index (χ0v) is 18.9. The average Bonchev–Trinajstić information content (AvgIpc) is 2.73. The van der Waals surface area contributed by atoms with Gasteiger partial charge >= 0.3 is 0 Å². The topological polar surface area (TPSA) is 93.5 Å². The number of nitrogens with one attached hydrogen (secondary N) is 1. The van der Waals surface area contributed by atoms with Crippen molar-refractivity contribution in [1.29, 1.82) is 5.26 Å². The van der Waals surface area contributed by atoms with Gasteiger partial charge in [0.05, 0.1) is 16.5 Å². The van der Waals surface area contributed by atoms with E-state index in [4.69, 9.17) is 5.26 Å². The Balaban J connectivity index is 1.50. The molecule has 164 valence electrons. The van der Waals surface area contributed by atoms with E-state index in [0.717, 1.165) is 26.2 Å². The van der Waals surface area contributed by atoms with Crippen LogP contribution in [0.15, 0.2) is 29.2 Å². The van der Waals surface area contributed by atoms with Gasteiger partial charge in [-0.05, 0) is 70.7 Å². The molecule has 1 amide bonds. The summed E-state index contributed by atoms with van der Waals surface area (Å²) >= 11 is 0. The van der Waals surface area contributed by atoms with E-state index >= 15 is 0 Å². The van der Waals surface area contributed by atoms with Gasteiger partial charge in [0.1, 0.15) is 0 Å². The van der Waals surface area contributed by atoms with Crippen molar-refractivity contribution < 1.29 is 13.2 Å². The molecule has 1 saturated heterocycles. The lowest BCUT2D eigenvalue weighted by Gasteiger charge is -2.43. The molecule has 1 heterocycles. The van der Waals surface area contributed by atoms with E-state index in [2.05, 4.69) is 30.4 Å². The van der Waals surface area contributed by atoms with Gasteiger partial charge < -0.3 is 4.90 Å². The van der Waals surface area contributed by atoms with Crippen molar-refractivity contribution in [2.45, 2.75) is 62.9 Å². The molecule has 1 N–H and O–H groups in total. The van der Waals surface area contributed by atoms with Gasteiger partial charge in [0.15, 0.2) is 0 Å². The van der Waals surface area contributed by atoms with Gasteiger partial charge in [-0.15, -0.1) is 0 Å². The predicted molar refractivity (Wildman–Crippen MR) is 115 cm³/mol. The highest BCUT2D eigenvalue weighted by atomic mass is 32.2. The van der Waals surface area contributed by atoms with Crippen molar-refractivity contribution in [3.8, 4) is 6.07 Å². The summed E-state index contributed by atoms with van der Waals surface area (Å²) in [5, 5.41) is 8.86. The first kappa shape index (κ1) is 22.7. The summed E-state index contributed by atoms with van der Waals surface area (Å²) in [6.07, 6.45) is 2.74. The smallest absolute Gasteiger partial charge is 0.240 e. The quantitative estimate of drug-likeness (QED) is 0.788. The average molecular weight is 433 g/mol. The molecule has 2 aliphatic rings. The number of hydrogen-bond acceptors (Lipinski definition) is 5. The highest BCUT2D eigenvalue weighted by Gasteiger charge is 2.34. The Labute approximate surface area is 180 Å². The van der Waals surface area contributed by atoms with Crippen molar-refractivity contribution in [3.63, 3.8) is 0 Å². The monoisotopic (exact) mass is 432 g/mol. The molecule has 1 aromatic carbocycles. The minimum absolute atomic E-state index is 0.0122. The lowest BCUT2D eigenvalue weighted by atomic mass is 9.85. The SMILES string of the molecule is CC(C)(C)N1CCN(C(=O)C2CCC(NS(=O)(=O)c3ccc(C#N)cc3)CC2)CC1. The third kappa shape index (κ3) is 5.39. The lowest BCUT2D eigenvalue weighted by molar-refractivity contribution is -0.139. The molecule has 7 nitrogen and oxygen atoms in total. The number of carbonyl (C=O) groups is 1. The fourth-order valence-corrected chi connectivity index (χ4v) is 5.62. The van der Waals surface area contributed by atoms with Crippen LogP contribution < -0.4 is 4.72 Å². The summed E-state index contributed by atoms with van der Waals surface area (Å²) in [6, 6.07) is 7.74. The zero-order valence-electron chi connectivity index (χ0n) is 18.1. The predicted octanol–water partition coefficient (Wildman–Crippen LogP) is 2.34. The van der Waals surface area contributed by atoms with Crippen molar-refractivity contribution in [2.24, 2.45) is 5.92 Å². The summed E-state index contributed by atoms with van der Waals surface area (Å²) < 4.78 is 28.0. The number of nitrogens with zero attached hydrogens (tertiary/aromatic N) is 3. The van der Waals surface area contributed by atoms with Crippen LogP contribution in [0.3, 0.4) is 0 Å². The Morgan fingerprint density at radius 2 is 1.60 bits per heavy atom. The molecule has 0 unspecified atom stereocenters. The molecular formula is C22H32N4O3S. The molecule has 1 aliphatic heterocycles. The normalized spacial score (nSPS) is 23.7. The van der Waals surface area contributed by atoms with Crippen LogP contribution in [0.4, 0.5) is 0 Å². The van der Waals surface area contributed by atoms with Crippen LogP contribution in [-0.2, 0) is 14.8 Å². The molecule has 1 aliphatic carbocycles. The first-order valence-electron chi connectivity index (χ1n) is 10.7. The maximum atomic E-state index is 12.9. The Morgan fingerprint density at radius 1 is 1.03 bits per heavy atom. The number of carbonyl (C=O) groups excluding carboxylic acids is 1. The number of benzene rings is 1. The highest BCUT2D eigenvalue weighted by molar-refractivity contribution is 7.89. The lowest BCUT2D eigenvalue weighted by Crippen LogP contribution is -2.55. The van der Waals surface area contributed by atoms with E-state index in [9.17, 15) is 13.2 Å². The van der Waals surface area contributed by atoms with Gasteiger partial charge in [-0.25, -0.2) is 13.1 Å². The van der Waals surface area contributed by atoms with Gasteiger partial charge in [-0.1, -0.05) is 0 Å². The number of nitriles is 1. The first-order valence-corrected chi connectivity index (χ1v) is 12.1. The summed E-state index contributed by atoms with van der Waals surface area (Å²) in [5.74, 6) is 0.207. The van der Waals surface area contributed by atoms with E-state index in [0.29, 0.717) is 31.2 Å². The zero-order chi connectivity index (χ0) is 21.9. The fraction of sp³-hybridized carbons (Fsp3) is 0.636. The minimum atomic E-state index is -3.62. The Bertz CT molecular complexity index is 884. The van der Waals surface area contributed by atoms with Gasteiger partial charge in [-0.2, -0.15) is 5.26 Å². The van der Waals surface area contributed by atoms with Gasteiger partial charge in [0.25, 0.3) is 0 Å². The molecule has 8 heteroatoms. The molecule has 0 atom stereocenters.